The van der Waals surface area contributed by atoms with Crippen LogP contribution < -0.4 is 11.1 Å². The van der Waals surface area contributed by atoms with Gasteiger partial charge in [0.2, 0.25) is 5.91 Å². The van der Waals surface area contributed by atoms with Crippen LogP contribution in [0.4, 0.5) is 0 Å². The molecule has 1 fully saturated rings. The van der Waals surface area contributed by atoms with Crippen molar-refractivity contribution in [2.24, 2.45) is 11.1 Å². The highest BCUT2D eigenvalue weighted by molar-refractivity contribution is 5.84. The number of ether oxygens (including phenoxy) is 1. The molecule has 1 amide bonds. The lowest BCUT2D eigenvalue weighted by atomic mass is 9.76. The molecule has 0 saturated heterocycles. The minimum Gasteiger partial charge on any atom is -0.378 e. The van der Waals surface area contributed by atoms with Gasteiger partial charge in [-0.25, -0.2) is 0 Å². The summed E-state index contributed by atoms with van der Waals surface area (Å²) < 4.78 is 5.95. The summed E-state index contributed by atoms with van der Waals surface area (Å²) in [7, 11) is 1.78. The SMILES string of the molecule is CNC(C)(CCCCOC1CCC(C)(C)CC1)C(N)=O. The van der Waals surface area contributed by atoms with Crippen LogP contribution >= 0.6 is 0 Å². The molecule has 0 aromatic rings. The van der Waals surface area contributed by atoms with Gasteiger partial charge in [-0.15, -0.1) is 0 Å². The van der Waals surface area contributed by atoms with E-state index >= 15 is 0 Å². The normalized spacial score (nSPS) is 22.4. The second kappa shape index (κ2) is 7.41. The summed E-state index contributed by atoms with van der Waals surface area (Å²) >= 11 is 0. The number of hydrogen-bond acceptors (Lipinski definition) is 3. The van der Waals surface area contributed by atoms with Crippen molar-refractivity contribution in [2.75, 3.05) is 13.7 Å². The topological polar surface area (TPSA) is 64.3 Å². The van der Waals surface area contributed by atoms with Crippen molar-refractivity contribution in [3.63, 3.8) is 0 Å². The molecule has 1 rings (SSSR count). The summed E-state index contributed by atoms with van der Waals surface area (Å²) in [5, 5.41) is 3.01. The average Bonchev–Trinajstić information content (AvgIpc) is 2.39. The third kappa shape index (κ3) is 5.41. The number of nitrogens with one attached hydrogen (secondary N) is 1. The van der Waals surface area contributed by atoms with Crippen LogP contribution in [0.15, 0.2) is 0 Å². The van der Waals surface area contributed by atoms with Gasteiger partial charge >= 0.3 is 0 Å². The maximum atomic E-state index is 11.4. The summed E-state index contributed by atoms with van der Waals surface area (Å²) in [6.45, 7) is 7.33. The van der Waals surface area contributed by atoms with Crippen LogP contribution in [0.3, 0.4) is 0 Å². The fraction of sp³-hybridized carbons (Fsp3) is 0.938. The number of hydrogen-bond donors (Lipinski definition) is 2. The quantitative estimate of drug-likeness (QED) is 0.673. The van der Waals surface area contributed by atoms with E-state index in [1.807, 2.05) is 6.92 Å². The fourth-order valence-corrected chi connectivity index (χ4v) is 2.74. The van der Waals surface area contributed by atoms with E-state index in [1.54, 1.807) is 7.05 Å². The number of amides is 1. The van der Waals surface area contributed by atoms with Crippen molar-refractivity contribution in [2.45, 2.75) is 77.4 Å². The molecule has 20 heavy (non-hydrogen) atoms. The molecule has 1 aliphatic rings. The standard InChI is InChI=1S/C16H32N2O2/c1-15(2)10-7-13(8-11-15)20-12-6-5-9-16(3,18-4)14(17)19/h13,18H,5-12H2,1-4H3,(H2,17,19). The van der Waals surface area contributed by atoms with Crippen molar-refractivity contribution >= 4 is 5.91 Å². The lowest BCUT2D eigenvalue weighted by molar-refractivity contribution is -0.123. The Morgan fingerprint density at radius 2 is 1.95 bits per heavy atom. The van der Waals surface area contributed by atoms with Gasteiger partial charge in [0, 0.05) is 6.61 Å². The Morgan fingerprint density at radius 3 is 2.45 bits per heavy atom. The average molecular weight is 284 g/mol. The molecule has 118 valence electrons. The first-order valence-electron chi connectivity index (χ1n) is 7.89. The highest BCUT2D eigenvalue weighted by atomic mass is 16.5. The van der Waals surface area contributed by atoms with Crippen LogP contribution in [-0.4, -0.2) is 31.2 Å². The number of carbonyl (C=O) groups is 1. The fourth-order valence-electron chi connectivity index (χ4n) is 2.74. The van der Waals surface area contributed by atoms with E-state index in [4.69, 9.17) is 10.5 Å². The zero-order valence-electron chi connectivity index (χ0n) is 13.6. The van der Waals surface area contributed by atoms with Gasteiger partial charge in [-0.05, 0) is 64.3 Å². The Kier molecular flexibility index (Phi) is 6.46. The van der Waals surface area contributed by atoms with Gasteiger partial charge in [0.15, 0.2) is 0 Å². The molecule has 0 aromatic carbocycles. The van der Waals surface area contributed by atoms with Crippen molar-refractivity contribution < 1.29 is 9.53 Å². The zero-order chi connectivity index (χ0) is 15.2. The number of nitrogens with two attached hydrogens (primary N) is 1. The second-order valence-corrected chi connectivity index (χ2v) is 7.14. The highest BCUT2D eigenvalue weighted by Crippen LogP contribution is 2.36. The van der Waals surface area contributed by atoms with Crippen molar-refractivity contribution in [3.8, 4) is 0 Å². The summed E-state index contributed by atoms with van der Waals surface area (Å²) in [5.41, 5.74) is 5.31. The number of unbranched alkanes of at least 4 members (excludes halogenated alkanes) is 1. The molecular weight excluding hydrogens is 252 g/mol. The van der Waals surface area contributed by atoms with E-state index in [0.29, 0.717) is 11.5 Å². The van der Waals surface area contributed by atoms with Gasteiger partial charge in [0.1, 0.15) is 0 Å². The highest BCUT2D eigenvalue weighted by Gasteiger charge is 2.28. The number of likely N-dealkylation sites (N-methyl/N-ethyl adjacent to an activating group) is 1. The molecule has 1 saturated carbocycles. The minimum atomic E-state index is -0.588. The smallest absolute Gasteiger partial charge is 0.237 e. The first-order valence-corrected chi connectivity index (χ1v) is 7.89. The first kappa shape index (κ1) is 17.4. The molecule has 1 unspecified atom stereocenters. The van der Waals surface area contributed by atoms with Crippen molar-refractivity contribution in [1.29, 1.82) is 0 Å². The van der Waals surface area contributed by atoms with E-state index in [-0.39, 0.29) is 5.91 Å². The van der Waals surface area contributed by atoms with Crippen molar-refractivity contribution in [3.05, 3.63) is 0 Å². The minimum absolute atomic E-state index is 0.282. The maximum absolute atomic E-state index is 11.4. The monoisotopic (exact) mass is 284 g/mol. The second-order valence-electron chi connectivity index (χ2n) is 7.14. The summed E-state index contributed by atoms with van der Waals surface area (Å²) in [6.07, 6.45) is 8.04. The van der Waals surface area contributed by atoms with E-state index in [9.17, 15) is 4.79 Å². The third-order valence-corrected chi connectivity index (χ3v) is 4.81. The predicted octanol–water partition coefficient (Wildman–Crippen LogP) is 2.61. The number of rotatable bonds is 8. The van der Waals surface area contributed by atoms with Crippen LogP contribution in [-0.2, 0) is 9.53 Å². The van der Waals surface area contributed by atoms with Gasteiger partial charge in [-0.3, -0.25) is 4.79 Å². The molecule has 0 heterocycles. The molecular formula is C16H32N2O2. The molecule has 0 spiro atoms. The van der Waals surface area contributed by atoms with Gasteiger partial charge in [-0.2, -0.15) is 0 Å². The Balaban J connectivity index is 2.12. The van der Waals surface area contributed by atoms with E-state index in [0.717, 1.165) is 25.9 Å². The van der Waals surface area contributed by atoms with E-state index < -0.39 is 5.54 Å². The molecule has 4 heteroatoms. The lowest BCUT2D eigenvalue weighted by Crippen LogP contribution is -2.51. The molecule has 3 N–H and O–H groups in total. The van der Waals surface area contributed by atoms with E-state index in [2.05, 4.69) is 19.2 Å². The molecule has 0 aliphatic heterocycles. The summed E-state index contributed by atoms with van der Waals surface area (Å²) in [4.78, 5) is 11.4. The van der Waals surface area contributed by atoms with Gasteiger partial charge in [-0.1, -0.05) is 13.8 Å². The van der Waals surface area contributed by atoms with Crippen LogP contribution in [0.1, 0.15) is 65.7 Å². The lowest BCUT2D eigenvalue weighted by Gasteiger charge is -2.34. The summed E-state index contributed by atoms with van der Waals surface area (Å²) in [6, 6.07) is 0. The van der Waals surface area contributed by atoms with E-state index in [1.165, 1.54) is 25.7 Å². The molecule has 1 aliphatic carbocycles. The third-order valence-electron chi connectivity index (χ3n) is 4.81. The Hall–Kier alpha value is -0.610. The van der Waals surface area contributed by atoms with Gasteiger partial charge in [0.25, 0.3) is 0 Å². The van der Waals surface area contributed by atoms with Crippen molar-refractivity contribution in [1.82, 2.24) is 5.32 Å². The van der Waals surface area contributed by atoms with Crippen LogP contribution in [0, 0.1) is 5.41 Å². The molecule has 1 atom stereocenters. The van der Waals surface area contributed by atoms with Gasteiger partial charge in [0.05, 0.1) is 11.6 Å². The zero-order valence-corrected chi connectivity index (χ0v) is 13.6. The molecule has 4 nitrogen and oxygen atoms in total. The van der Waals surface area contributed by atoms with Crippen LogP contribution in [0.2, 0.25) is 0 Å². The molecule has 0 aromatic heterocycles. The first-order chi connectivity index (χ1) is 9.29. The molecule has 0 bridgehead atoms. The predicted molar refractivity (Wildman–Crippen MR) is 82.5 cm³/mol. The number of primary amides is 1. The Morgan fingerprint density at radius 1 is 1.35 bits per heavy atom. The Labute approximate surface area is 123 Å². The van der Waals surface area contributed by atoms with Gasteiger partial charge < -0.3 is 15.8 Å². The molecule has 0 radical (unpaired) electrons. The van der Waals surface area contributed by atoms with Crippen LogP contribution in [0.25, 0.3) is 0 Å². The largest absolute Gasteiger partial charge is 0.378 e. The number of carbonyl (C=O) groups excluding carboxylic acids is 1. The summed E-state index contributed by atoms with van der Waals surface area (Å²) in [5.74, 6) is -0.282. The Bertz CT molecular complexity index is 308. The van der Waals surface area contributed by atoms with Crippen LogP contribution in [0.5, 0.6) is 0 Å². The maximum Gasteiger partial charge on any atom is 0.237 e.